The molecule has 1 aromatic carbocycles. The number of benzene rings is 1. The average Bonchev–Trinajstić information content (AvgIpc) is 3.48. The van der Waals surface area contributed by atoms with Crippen LogP contribution in [0.3, 0.4) is 0 Å². The van der Waals surface area contributed by atoms with E-state index < -0.39 is 0 Å². The second-order valence-corrected chi connectivity index (χ2v) is 7.98. The maximum atomic E-state index is 12.7. The van der Waals surface area contributed by atoms with Crippen molar-refractivity contribution in [1.82, 2.24) is 9.80 Å². The summed E-state index contributed by atoms with van der Waals surface area (Å²) in [5.41, 5.74) is 1.02. The average molecular weight is 356 g/mol. The molecule has 0 N–H and O–H groups in total. The molecule has 0 radical (unpaired) electrons. The van der Waals surface area contributed by atoms with Gasteiger partial charge in [-0.25, -0.2) is 0 Å². The van der Waals surface area contributed by atoms with Gasteiger partial charge in [0.1, 0.15) is 5.75 Å². The summed E-state index contributed by atoms with van der Waals surface area (Å²) in [6.07, 6.45) is 5.47. The van der Waals surface area contributed by atoms with E-state index >= 15 is 0 Å². The highest BCUT2D eigenvalue weighted by Gasteiger charge is 2.40. The maximum absolute atomic E-state index is 12.7. The lowest BCUT2D eigenvalue weighted by Crippen LogP contribution is -2.44. The van der Waals surface area contributed by atoms with Crippen molar-refractivity contribution in [3.8, 4) is 5.75 Å². The zero-order valence-corrected chi connectivity index (χ0v) is 15.5. The van der Waals surface area contributed by atoms with E-state index in [-0.39, 0.29) is 5.91 Å². The Bertz CT molecular complexity index is 668. The molecule has 0 bridgehead atoms. The number of carbonyl (C=O) groups is 2. The quantitative estimate of drug-likeness (QED) is 0.833. The summed E-state index contributed by atoms with van der Waals surface area (Å²) in [7, 11) is 1.64. The van der Waals surface area contributed by atoms with E-state index in [9.17, 15) is 9.59 Å². The van der Waals surface area contributed by atoms with Gasteiger partial charge in [-0.05, 0) is 55.2 Å². The number of hydrogen-bond acceptors (Lipinski definition) is 3. The van der Waals surface area contributed by atoms with E-state index in [1.165, 1.54) is 12.8 Å². The van der Waals surface area contributed by atoms with Crippen molar-refractivity contribution in [2.75, 3.05) is 26.7 Å². The van der Waals surface area contributed by atoms with Crippen molar-refractivity contribution in [3.05, 3.63) is 29.8 Å². The first-order valence-corrected chi connectivity index (χ1v) is 9.84. The van der Waals surface area contributed by atoms with E-state index in [0.29, 0.717) is 36.6 Å². The molecule has 2 atom stereocenters. The molecule has 0 unspecified atom stereocenters. The number of methoxy groups -OCH3 is 1. The van der Waals surface area contributed by atoms with E-state index in [4.69, 9.17) is 4.74 Å². The predicted octanol–water partition coefficient (Wildman–Crippen LogP) is 2.49. The summed E-state index contributed by atoms with van der Waals surface area (Å²) < 4.78 is 5.17. The second kappa shape index (κ2) is 7.29. The molecule has 26 heavy (non-hydrogen) atoms. The van der Waals surface area contributed by atoms with Crippen LogP contribution in [0.5, 0.6) is 5.75 Å². The third-order valence-corrected chi connectivity index (χ3v) is 6.24. The molecule has 3 aliphatic rings. The van der Waals surface area contributed by atoms with Gasteiger partial charge in [-0.15, -0.1) is 0 Å². The van der Waals surface area contributed by atoms with Gasteiger partial charge in [0.15, 0.2) is 0 Å². The molecule has 5 heteroatoms. The number of hydrogen-bond donors (Lipinski definition) is 0. The van der Waals surface area contributed by atoms with Crippen LogP contribution < -0.4 is 4.74 Å². The first-order chi connectivity index (χ1) is 12.6. The molecule has 5 nitrogen and oxygen atoms in total. The Labute approximate surface area is 155 Å². The Morgan fingerprint density at radius 1 is 1.08 bits per heavy atom. The standard InChI is InChI=1S/C21H28N2O3/c1-26-19-6-2-15(3-7-19)12-20(24)22-10-8-16-13-21(25)23(18-4-5-18)11-9-17(16)14-22/h2-3,6-7,16-18H,4-5,8-14H2,1H3/t16-,17+/m1/s1. The zero-order valence-electron chi connectivity index (χ0n) is 15.5. The maximum Gasteiger partial charge on any atom is 0.226 e. The fourth-order valence-electron chi connectivity index (χ4n) is 4.48. The Kier molecular flexibility index (Phi) is 4.88. The molecule has 140 valence electrons. The highest BCUT2D eigenvalue weighted by atomic mass is 16.5. The molecule has 1 saturated carbocycles. The lowest BCUT2D eigenvalue weighted by molar-refractivity contribution is -0.133. The molecular weight excluding hydrogens is 328 g/mol. The zero-order chi connectivity index (χ0) is 18.1. The molecule has 0 spiro atoms. The van der Waals surface area contributed by atoms with E-state index in [1.807, 2.05) is 29.2 Å². The summed E-state index contributed by atoms with van der Waals surface area (Å²) >= 11 is 0. The Hall–Kier alpha value is -2.04. The number of amides is 2. The van der Waals surface area contributed by atoms with Crippen LogP contribution in [0.2, 0.25) is 0 Å². The minimum atomic E-state index is 0.197. The van der Waals surface area contributed by atoms with Crippen LogP contribution in [0.1, 0.15) is 37.7 Å². The topological polar surface area (TPSA) is 49.9 Å². The molecule has 2 aliphatic heterocycles. The van der Waals surface area contributed by atoms with Gasteiger partial charge in [-0.2, -0.15) is 0 Å². The Balaban J connectivity index is 1.35. The number of fused-ring (bicyclic) bond motifs is 1. The highest BCUT2D eigenvalue weighted by Crippen LogP contribution is 2.36. The van der Waals surface area contributed by atoms with Gasteiger partial charge >= 0.3 is 0 Å². The molecule has 0 aromatic heterocycles. The molecule has 2 saturated heterocycles. The van der Waals surface area contributed by atoms with Crippen LogP contribution in [-0.4, -0.2) is 54.4 Å². The smallest absolute Gasteiger partial charge is 0.226 e. The molecular formula is C21H28N2O3. The van der Waals surface area contributed by atoms with Gasteiger partial charge in [-0.3, -0.25) is 9.59 Å². The van der Waals surface area contributed by atoms with Crippen molar-refractivity contribution in [1.29, 1.82) is 0 Å². The van der Waals surface area contributed by atoms with E-state index in [0.717, 1.165) is 43.8 Å². The van der Waals surface area contributed by atoms with E-state index in [2.05, 4.69) is 4.90 Å². The fraction of sp³-hybridized carbons (Fsp3) is 0.619. The summed E-state index contributed by atoms with van der Waals surface area (Å²) in [4.78, 5) is 29.4. The fourth-order valence-corrected chi connectivity index (χ4v) is 4.48. The van der Waals surface area contributed by atoms with Gasteiger partial charge in [0.05, 0.1) is 13.5 Å². The largest absolute Gasteiger partial charge is 0.497 e. The van der Waals surface area contributed by atoms with Crippen molar-refractivity contribution in [2.24, 2.45) is 11.8 Å². The molecule has 1 aliphatic carbocycles. The molecule has 1 aromatic rings. The monoisotopic (exact) mass is 356 g/mol. The van der Waals surface area contributed by atoms with Gasteiger partial charge in [0, 0.05) is 32.1 Å². The van der Waals surface area contributed by atoms with Crippen molar-refractivity contribution < 1.29 is 14.3 Å². The number of rotatable bonds is 4. The minimum Gasteiger partial charge on any atom is -0.497 e. The Morgan fingerprint density at radius 3 is 2.50 bits per heavy atom. The SMILES string of the molecule is COc1ccc(CC(=O)N2CC[C@@H]3CC(=O)N(C4CC4)CC[C@H]3C2)cc1. The van der Waals surface area contributed by atoms with Crippen molar-refractivity contribution in [3.63, 3.8) is 0 Å². The van der Waals surface area contributed by atoms with Crippen LogP contribution in [0.15, 0.2) is 24.3 Å². The molecule has 2 amide bonds. The van der Waals surface area contributed by atoms with Gasteiger partial charge in [0.25, 0.3) is 0 Å². The predicted molar refractivity (Wildman–Crippen MR) is 98.8 cm³/mol. The lowest BCUT2D eigenvalue weighted by Gasteiger charge is -2.37. The van der Waals surface area contributed by atoms with Crippen LogP contribution in [0.25, 0.3) is 0 Å². The van der Waals surface area contributed by atoms with Gasteiger partial charge in [-0.1, -0.05) is 12.1 Å². The third-order valence-electron chi connectivity index (χ3n) is 6.24. The van der Waals surface area contributed by atoms with E-state index in [1.54, 1.807) is 7.11 Å². The van der Waals surface area contributed by atoms with Crippen molar-refractivity contribution >= 4 is 11.8 Å². The number of piperidine rings is 1. The van der Waals surface area contributed by atoms with Crippen molar-refractivity contribution in [2.45, 2.75) is 44.6 Å². The second-order valence-electron chi connectivity index (χ2n) is 7.98. The third kappa shape index (κ3) is 3.71. The number of carbonyl (C=O) groups excluding carboxylic acids is 2. The van der Waals surface area contributed by atoms with Gasteiger partial charge < -0.3 is 14.5 Å². The van der Waals surface area contributed by atoms with Crippen LogP contribution in [-0.2, 0) is 16.0 Å². The van der Waals surface area contributed by atoms with Gasteiger partial charge in [0.2, 0.25) is 11.8 Å². The molecule has 3 fully saturated rings. The summed E-state index contributed by atoms with van der Waals surface area (Å²) in [5.74, 6) is 2.28. The first kappa shape index (κ1) is 17.4. The summed E-state index contributed by atoms with van der Waals surface area (Å²) in [6, 6.07) is 8.23. The lowest BCUT2D eigenvalue weighted by atomic mass is 9.82. The Morgan fingerprint density at radius 2 is 1.81 bits per heavy atom. The van der Waals surface area contributed by atoms with Crippen LogP contribution in [0, 0.1) is 11.8 Å². The molecule has 4 rings (SSSR count). The van der Waals surface area contributed by atoms with Crippen LogP contribution >= 0.6 is 0 Å². The number of ether oxygens (including phenoxy) is 1. The normalized spacial score (nSPS) is 26.3. The van der Waals surface area contributed by atoms with Crippen LogP contribution in [0.4, 0.5) is 0 Å². The summed E-state index contributed by atoms with van der Waals surface area (Å²) in [6.45, 7) is 2.48. The summed E-state index contributed by atoms with van der Waals surface area (Å²) in [5, 5.41) is 0. The minimum absolute atomic E-state index is 0.197. The highest BCUT2D eigenvalue weighted by molar-refractivity contribution is 5.79. The number of nitrogens with zero attached hydrogens (tertiary/aromatic N) is 2. The number of likely N-dealkylation sites (tertiary alicyclic amines) is 2. The molecule has 2 heterocycles. The first-order valence-electron chi connectivity index (χ1n) is 9.84.